The topological polar surface area (TPSA) is 107 Å². The van der Waals surface area contributed by atoms with Crippen LogP contribution in [-0.2, 0) is 0 Å². The Hall–Kier alpha value is -3.32. The monoisotopic (exact) mass is 440 g/mol. The highest BCUT2D eigenvalue weighted by Gasteiger charge is 2.17. The van der Waals surface area contributed by atoms with Crippen LogP contribution in [0.3, 0.4) is 0 Å². The molecule has 0 heterocycles. The number of aliphatic hydroxyl groups is 1. The van der Waals surface area contributed by atoms with Gasteiger partial charge in [-0.1, -0.05) is 13.8 Å². The third-order valence-electron chi connectivity index (χ3n) is 4.87. The van der Waals surface area contributed by atoms with Crippen LogP contribution in [0.2, 0.25) is 0 Å². The van der Waals surface area contributed by atoms with Gasteiger partial charge in [0.2, 0.25) is 0 Å². The van der Waals surface area contributed by atoms with Crippen molar-refractivity contribution in [2.24, 2.45) is 0 Å². The first-order valence-corrected chi connectivity index (χ1v) is 10.5. The van der Waals surface area contributed by atoms with E-state index in [0.29, 0.717) is 24.0 Å². The van der Waals surface area contributed by atoms with Crippen molar-refractivity contribution in [3.05, 3.63) is 58.7 Å². The molecular weight excluding hydrogens is 412 g/mol. The zero-order chi connectivity index (χ0) is 23.8. The second kappa shape index (κ2) is 11.3. The van der Waals surface area contributed by atoms with Crippen molar-refractivity contribution in [3.8, 4) is 11.5 Å². The second-order valence-electron chi connectivity index (χ2n) is 7.36. The number of aliphatic hydroxyl groups excluding tert-OH is 1. The van der Waals surface area contributed by atoms with Gasteiger partial charge in [0.05, 0.1) is 11.1 Å². The SMILES string of the molecule is CCC(=O)c1ccc(OCC(O)COc2ccc(C(=O)CC)cc2C(C)=O)c(C(C)=O)c1. The quantitative estimate of drug-likeness (QED) is 0.495. The third-order valence-corrected chi connectivity index (χ3v) is 4.87. The normalized spacial score (nSPS) is 10.7. The van der Waals surface area contributed by atoms with E-state index in [2.05, 4.69) is 0 Å². The molecule has 1 N–H and O–H groups in total. The lowest BCUT2D eigenvalue weighted by molar-refractivity contribution is 0.0614. The number of ether oxygens (including phenoxy) is 2. The van der Waals surface area contributed by atoms with Crippen molar-refractivity contribution in [2.45, 2.75) is 46.6 Å². The first kappa shape index (κ1) is 24.9. The number of benzene rings is 2. The number of ketones is 4. The van der Waals surface area contributed by atoms with Crippen molar-refractivity contribution in [2.75, 3.05) is 13.2 Å². The molecule has 7 nitrogen and oxygen atoms in total. The molecule has 0 bridgehead atoms. The van der Waals surface area contributed by atoms with Gasteiger partial charge in [-0.05, 0) is 50.2 Å². The second-order valence-corrected chi connectivity index (χ2v) is 7.36. The van der Waals surface area contributed by atoms with E-state index >= 15 is 0 Å². The Morgan fingerprint density at radius 1 is 0.750 bits per heavy atom. The molecule has 0 saturated heterocycles. The Bertz CT molecular complexity index is 941. The summed E-state index contributed by atoms with van der Waals surface area (Å²) >= 11 is 0. The van der Waals surface area contributed by atoms with Gasteiger partial charge in [0.25, 0.3) is 0 Å². The minimum absolute atomic E-state index is 0.0829. The van der Waals surface area contributed by atoms with Gasteiger partial charge in [-0.25, -0.2) is 0 Å². The van der Waals surface area contributed by atoms with Gasteiger partial charge < -0.3 is 14.6 Å². The number of Topliss-reactive ketones (excluding diaryl/α,β-unsaturated/α-hetero) is 4. The first-order valence-electron chi connectivity index (χ1n) is 10.5. The van der Waals surface area contributed by atoms with Gasteiger partial charge >= 0.3 is 0 Å². The third kappa shape index (κ3) is 6.34. The highest BCUT2D eigenvalue weighted by molar-refractivity contribution is 6.03. The molecule has 0 fully saturated rings. The predicted octanol–water partition coefficient (Wildman–Crippen LogP) is 4.10. The lowest BCUT2D eigenvalue weighted by atomic mass is 10.0. The maximum atomic E-state index is 11.9. The van der Waals surface area contributed by atoms with E-state index in [1.54, 1.807) is 26.0 Å². The van der Waals surface area contributed by atoms with Gasteiger partial charge in [0.1, 0.15) is 30.8 Å². The molecule has 0 saturated carbocycles. The molecule has 0 aliphatic heterocycles. The summed E-state index contributed by atoms with van der Waals surface area (Å²) in [6, 6.07) is 9.20. The maximum Gasteiger partial charge on any atom is 0.163 e. The zero-order valence-electron chi connectivity index (χ0n) is 18.8. The van der Waals surface area contributed by atoms with E-state index in [-0.39, 0.29) is 59.0 Å². The van der Waals surface area contributed by atoms with E-state index in [4.69, 9.17) is 9.47 Å². The van der Waals surface area contributed by atoms with Crippen LogP contribution >= 0.6 is 0 Å². The summed E-state index contributed by atoms with van der Waals surface area (Å²) < 4.78 is 11.2. The lowest BCUT2D eigenvalue weighted by Crippen LogP contribution is -2.26. The smallest absolute Gasteiger partial charge is 0.163 e. The number of hydrogen-bond acceptors (Lipinski definition) is 7. The van der Waals surface area contributed by atoms with Crippen LogP contribution in [0.4, 0.5) is 0 Å². The minimum atomic E-state index is -1.05. The van der Waals surface area contributed by atoms with Gasteiger partial charge in [-0.15, -0.1) is 0 Å². The molecule has 0 atom stereocenters. The molecule has 2 aromatic carbocycles. The molecule has 0 unspecified atom stereocenters. The number of hydrogen-bond donors (Lipinski definition) is 1. The highest BCUT2D eigenvalue weighted by atomic mass is 16.5. The molecule has 0 radical (unpaired) electrons. The predicted molar refractivity (Wildman–Crippen MR) is 119 cm³/mol. The summed E-state index contributed by atoms with van der Waals surface area (Å²) in [7, 11) is 0. The van der Waals surface area contributed by atoms with E-state index in [1.807, 2.05) is 0 Å². The molecule has 0 aliphatic carbocycles. The molecule has 32 heavy (non-hydrogen) atoms. The van der Waals surface area contributed by atoms with Crippen LogP contribution < -0.4 is 9.47 Å². The van der Waals surface area contributed by atoms with E-state index in [9.17, 15) is 24.3 Å². The van der Waals surface area contributed by atoms with Crippen LogP contribution in [0.15, 0.2) is 36.4 Å². The Labute approximate surface area is 187 Å². The maximum absolute atomic E-state index is 11.9. The fourth-order valence-electron chi connectivity index (χ4n) is 3.04. The summed E-state index contributed by atoms with van der Waals surface area (Å²) in [5.41, 5.74) is 1.37. The summed E-state index contributed by atoms with van der Waals surface area (Å²) in [5, 5.41) is 10.3. The average molecular weight is 440 g/mol. The van der Waals surface area contributed by atoms with Crippen molar-refractivity contribution >= 4 is 23.1 Å². The number of carbonyl (C=O) groups excluding carboxylic acids is 4. The fourth-order valence-corrected chi connectivity index (χ4v) is 3.04. The van der Waals surface area contributed by atoms with Crippen molar-refractivity contribution in [3.63, 3.8) is 0 Å². The van der Waals surface area contributed by atoms with E-state index in [0.717, 1.165) is 0 Å². The summed E-state index contributed by atoms with van der Waals surface area (Å²) in [4.78, 5) is 47.7. The molecule has 170 valence electrons. The Morgan fingerprint density at radius 2 is 1.12 bits per heavy atom. The van der Waals surface area contributed by atoms with Crippen LogP contribution in [0.5, 0.6) is 11.5 Å². The van der Waals surface area contributed by atoms with Gasteiger partial charge in [-0.2, -0.15) is 0 Å². The van der Waals surface area contributed by atoms with Crippen molar-refractivity contribution in [1.29, 1.82) is 0 Å². The first-order chi connectivity index (χ1) is 15.2. The molecule has 2 rings (SSSR count). The molecule has 0 spiro atoms. The van der Waals surface area contributed by atoms with Crippen LogP contribution in [-0.4, -0.2) is 47.6 Å². The van der Waals surface area contributed by atoms with Crippen LogP contribution in [0, 0.1) is 0 Å². The number of rotatable bonds is 12. The molecule has 0 aromatic heterocycles. The highest BCUT2D eigenvalue weighted by Crippen LogP contribution is 2.24. The van der Waals surface area contributed by atoms with Crippen molar-refractivity contribution < 1.29 is 33.8 Å². The molecule has 0 amide bonds. The van der Waals surface area contributed by atoms with Crippen LogP contribution in [0.1, 0.15) is 82.0 Å². The summed E-state index contributed by atoms with van der Waals surface area (Å²) in [6.07, 6.45) is -0.407. The zero-order valence-corrected chi connectivity index (χ0v) is 18.8. The molecule has 7 heteroatoms. The minimum Gasteiger partial charge on any atom is -0.490 e. The fraction of sp³-hybridized carbons (Fsp3) is 0.360. The van der Waals surface area contributed by atoms with E-state index in [1.165, 1.54) is 38.1 Å². The largest absolute Gasteiger partial charge is 0.490 e. The Kier molecular flexibility index (Phi) is 8.84. The summed E-state index contributed by atoms with van der Waals surface area (Å²) in [5.74, 6) is -0.165. The van der Waals surface area contributed by atoms with Gasteiger partial charge in [0, 0.05) is 24.0 Å². The summed E-state index contributed by atoms with van der Waals surface area (Å²) in [6.45, 7) is 5.90. The lowest BCUT2D eigenvalue weighted by Gasteiger charge is -2.17. The number of carbonyl (C=O) groups is 4. The van der Waals surface area contributed by atoms with Gasteiger partial charge in [-0.3, -0.25) is 19.2 Å². The Balaban J connectivity index is 2.06. The van der Waals surface area contributed by atoms with E-state index < -0.39 is 6.10 Å². The average Bonchev–Trinajstić information content (AvgIpc) is 2.79. The molecule has 2 aromatic rings. The van der Waals surface area contributed by atoms with Gasteiger partial charge in [0.15, 0.2) is 23.1 Å². The Morgan fingerprint density at radius 3 is 1.44 bits per heavy atom. The molecular formula is C25H28O7. The molecule has 0 aliphatic rings. The van der Waals surface area contributed by atoms with Crippen LogP contribution in [0.25, 0.3) is 0 Å². The van der Waals surface area contributed by atoms with Crippen molar-refractivity contribution in [1.82, 2.24) is 0 Å². The standard InChI is InChI=1S/C25H28O7/c1-5-22(29)17-7-9-24(20(11-17)15(3)26)31-13-19(28)14-32-25-10-8-18(23(30)6-2)12-21(25)16(4)27/h7-12,19,28H,5-6,13-14H2,1-4H3.